The maximum absolute atomic E-state index is 8.96. The van der Waals surface area contributed by atoms with E-state index in [4.69, 9.17) is 10.8 Å². The molecule has 3 heteroatoms. The van der Waals surface area contributed by atoms with E-state index in [1.54, 1.807) is 12.1 Å². The molecule has 0 saturated carbocycles. The zero-order valence-electron chi connectivity index (χ0n) is 5.95. The SMILES string of the molecule is NCC(=[Se])c1ccc(O)cc1. The Hall–Kier alpha value is -0.631. The first-order valence-corrected chi connectivity index (χ1v) is 4.12. The van der Waals surface area contributed by atoms with Gasteiger partial charge in [-0.3, -0.25) is 0 Å². The third kappa shape index (κ3) is 2.15. The second-order valence-electron chi connectivity index (χ2n) is 2.17. The molecule has 1 rings (SSSR count). The Kier molecular flexibility index (Phi) is 2.83. The molecule has 0 atom stereocenters. The van der Waals surface area contributed by atoms with Crippen molar-refractivity contribution >= 4 is 20.0 Å². The molecule has 0 radical (unpaired) electrons. The number of hydrogen-bond donors (Lipinski definition) is 2. The molecule has 0 aromatic heterocycles. The minimum atomic E-state index is 0.276. The van der Waals surface area contributed by atoms with Gasteiger partial charge >= 0.3 is 73.0 Å². The number of phenols is 1. The third-order valence-electron chi connectivity index (χ3n) is 1.37. The van der Waals surface area contributed by atoms with Gasteiger partial charge in [-0.15, -0.1) is 0 Å². The van der Waals surface area contributed by atoms with Gasteiger partial charge in [0, 0.05) is 0 Å². The van der Waals surface area contributed by atoms with Gasteiger partial charge in [-0.05, 0) is 0 Å². The summed E-state index contributed by atoms with van der Waals surface area (Å²) in [6.45, 7) is 0.505. The molecule has 0 bridgehead atoms. The predicted molar refractivity (Wildman–Crippen MR) is 47.0 cm³/mol. The normalized spacial score (nSPS) is 9.55. The van der Waals surface area contributed by atoms with Gasteiger partial charge in [0.15, 0.2) is 0 Å². The first-order valence-electron chi connectivity index (χ1n) is 3.26. The molecule has 0 spiro atoms. The predicted octanol–water partition coefficient (Wildman–Crippen LogP) is 0.0399. The van der Waals surface area contributed by atoms with Gasteiger partial charge in [-0.2, -0.15) is 0 Å². The van der Waals surface area contributed by atoms with Crippen LogP contribution in [0.3, 0.4) is 0 Å². The number of aromatic hydroxyl groups is 1. The monoisotopic (exact) mass is 215 g/mol. The zero-order valence-corrected chi connectivity index (χ0v) is 7.66. The Balaban J connectivity index is 2.90. The summed E-state index contributed by atoms with van der Waals surface area (Å²) in [5, 5.41) is 8.96. The van der Waals surface area contributed by atoms with E-state index in [0.717, 1.165) is 9.98 Å². The van der Waals surface area contributed by atoms with Crippen molar-refractivity contribution in [3.63, 3.8) is 0 Å². The van der Waals surface area contributed by atoms with Crippen molar-refractivity contribution in [2.75, 3.05) is 6.54 Å². The summed E-state index contributed by atoms with van der Waals surface area (Å²) in [4.78, 5) is 0. The molecule has 0 heterocycles. The molecular formula is C8H9NOSe. The van der Waals surface area contributed by atoms with E-state index in [9.17, 15) is 0 Å². The molecule has 1 aromatic carbocycles. The molecular weight excluding hydrogens is 205 g/mol. The molecule has 0 amide bonds. The van der Waals surface area contributed by atoms with E-state index in [1.807, 2.05) is 12.1 Å². The van der Waals surface area contributed by atoms with Crippen LogP contribution in [0.25, 0.3) is 0 Å². The standard InChI is InChI=1S/C8H9NOSe/c9-5-8(11)6-1-3-7(10)4-2-6/h1-4,10H,5,9H2. The molecule has 3 N–H and O–H groups in total. The maximum atomic E-state index is 8.96. The average Bonchev–Trinajstić information content (AvgIpc) is 2.05. The number of hydrogen-bond acceptors (Lipinski definition) is 2. The van der Waals surface area contributed by atoms with Crippen LogP contribution in [0, 0.1) is 0 Å². The van der Waals surface area contributed by atoms with Crippen LogP contribution in [-0.2, 0) is 0 Å². The van der Waals surface area contributed by atoms with Gasteiger partial charge in [-0.1, -0.05) is 0 Å². The second-order valence-corrected chi connectivity index (χ2v) is 3.21. The summed E-state index contributed by atoms with van der Waals surface area (Å²) in [7, 11) is 0. The van der Waals surface area contributed by atoms with Crippen LogP contribution < -0.4 is 5.73 Å². The number of nitrogens with two attached hydrogens (primary N) is 1. The van der Waals surface area contributed by atoms with Gasteiger partial charge in [0.2, 0.25) is 0 Å². The van der Waals surface area contributed by atoms with Crippen molar-refractivity contribution < 1.29 is 5.11 Å². The molecule has 11 heavy (non-hydrogen) atoms. The second kappa shape index (κ2) is 3.67. The molecule has 58 valence electrons. The Morgan fingerprint density at radius 2 is 1.91 bits per heavy atom. The first-order chi connectivity index (χ1) is 5.24. The van der Waals surface area contributed by atoms with Crippen molar-refractivity contribution in [3.05, 3.63) is 29.8 Å². The number of phenolic OH excluding ortho intramolecular Hbond substituents is 1. The summed E-state index contributed by atoms with van der Waals surface area (Å²) < 4.78 is 1.00. The van der Waals surface area contributed by atoms with Crippen LogP contribution >= 0.6 is 0 Å². The molecule has 0 aliphatic rings. The molecule has 0 unspecified atom stereocenters. The van der Waals surface area contributed by atoms with Gasteiger partial charge in [-0.25, -0.2) is 0 Å². The topological polar surface area (TPSA) is 46.2 Å². The van der Waals surface area contributed by atoms with E-state index in [0.29, 0.717) is 6.54 Å². The van der Waals surface area contributed by atoms with Crippen LogP contribution in [-0.4, -0.2) is 31.6 Å². The van der Waals surface area contributed by atoms with Gasteiger partial charge in [0.25, 0.3) is 0 Å². The summed E-state index contributed by atoms with van der Waals surface area (Å²) in [6.07, 6.45) is 0. The van der Waals surface area contributed by atoms with Gasteiger partial charge in [0.05, 0.1) is 0 Å². The molecule has 1 aromatic rings. The van der Waals surface area contributed by atoms with E-state index < -0.39 is 0 Å². The molecule has 0 aliphatic heterocycles. The zero-order chi connectivity index (χ0) is 8.27. The van der Waals surface area contributed by atoms with E-state index in [-0.39, 0.29) is 5.75 Å². The quantitative estimate of drug-likeness (QED) is 0.683. The number of benzene rings is 1. The summed E-state index contributed by atoms with van der Waals surface area (Å²) >= 11 is 2.87. The van der Waals surface area contributed by atoms with Crippen LogP contribution in [0.15, 0.2) is 24.3 Å². The van der Waals surface area contributed by atoms with Crippen LogP contribution in [0.2, 0.25) is 0 Å². The summed E-state index contributed by atoms with van der Waals surface area (Å²) in [6, 6.07) is 6.94. The van der Waals surface area contributed by atoms with Crippen molar-refractivity contribution in [1.82, 2.24) is 0 Å². The Bertz CT molecular complexity index is 255. The van der Waals surface area contributed by atoms with Crippen LogP contribution in [0.5, 0.6) is 5.75 Å². The summed E-state index contributed by atoms with van der Waals surface area (Å²) in [5.41, 5.74) is 6.44. The average molecular weight is 214 g/mol. The van der Waals surface area contributed by atoms with E-state index >= 15 is 0 Å². The Labute approximate surface area is 73.4 Å². The third-order valence-corrected chi connectivity index (χ3v) is 2.22. The van der Waals surface area contributed by atoms with Crippen molar-refractivity contribution in [2.24, 2.45) is 5.73 Å². The van der Waals surface area contributed by atoms with Gasteiger partial charge in [0.1, 0.15) is 0 Å². The Morgan fingerprint density at radius 1 is 1.36 bits per heavy atom. The summed E-state index contributed by atoms with van der Waals surface area (Å²) in [5.74, 6) is 0.276. The fourth-order valence-corrected chi connectivity index (χ4v) is 1.05. The van der Waals surface area contributed by atoms with Crippen molar-refractivity contribution in [1.29, 1.82) is 0 Å². The fourth-order valence-electron chi connectivity index (χ4n) is 0.765. The minimum absolute atomic E-state index is 0.276. The molecule has 2 nitrogen and oxygen atoms in total. The molecule has 0 aliphatic carbocycles. The van der Waals surface area contributed by atoms with Crippen LogP contribution in [0.1, 0.15) is 5.56 Å². The van der Waals surface area contributed by atoms with Gasteiger partial charge < -0.3 is 0 Å². The Morgan fingerprint density at radius 3 is 2.36 bits per heavy atom. The molecule has 0 fully saturated rings. The number of rotatable bonds is 2. The first kappa shape index (κ1) is 8.47. The molecule has 0 saturated heterocycles. The van der Waals surface area contributed by atoms with E-state index in [2.05, 4.69) is 15.6 Å². The van der Waals surface area contributed by atoms with E-state index in [1.165, 1.54) is 0 Å². The van der Waals surface area contributed by atoms with Crippen LogP contribution in [0.4, 0.5) is 0 Å². The van der Waals surface area contributed by atoms with Crippen molar-refractivity contribution in [2.45, 2.75) is 0 Å². The van der Waals surface area contributed by atoms with Crippen molar-refractivity contribution in [3.8, 4) is 5.75 Å². The fraction of sp³-hybridized carbons (Fsp3) is 0.125.